The number of methoxy groups -OCH3 is 1. The third-order valence-corrected chi connectivity index (χ3v) is 4.39. The summed E-state index contributed by atoms with van der Waals surface area (Å²) in [5, 5.41) is 2.91. The quantitative estimate of drug-likeness (QED) is 0.930. The second kappa shape index (κ2) is 6.66. The molecule has 0 unspecified atom stereocenters. The number of nitrogens with zero attached hydrogens (tertiary/aromatic N) is 1. The van der Waals surface area contributed by atoms with E-state index in [9.17, 15) is 4.79 Å². The summed E-state index contributed by atoms with van der Waals surface area (Å²) in [6.45, 7) is 4.54. The number of piperidine rings is 1. The summed E-state index contributed by atoms with van der Waals surface area (Å²) in [6.07, 6.45) is 2.30. The van der Waals surface area contributed by atoms with Gasteiger partial charge < -0.3 is 24.4 Å². The lowest BCUT2D eigenvalue weighted by Gasteiger charge is -2.43. The Morgan fingerprint density at radius 2 is 2.17 bits per heavy atom. The van der Waals surface area contributed by atoms with E-state index in [1.807, 2.05) is 30.0 Å². The number of fused-ring (bicyclic) bond motifs is 1. The van der Waals surface area contributed by atoms with Gasteiger partial charge in [-0.25, -0.2) is 4.79 Å². The SMILES string of the molecule is CCCNC(=O)N1CCC2(CC1)OCc1cc(OC)ccc1O2. The van der Waals surface area contributed by atoms with Crippen molar-refractivity contribution in [3.8, 4) is 11.5 Å². The molecule has 23 heavy (non-hydrogen) atoms. The van der Waals surface area contributed by atoms with Gasteiger partial charge in [-0.3, -0.25) is 0 Å². The van der Waals surface area contributed by atoms with Crippen molar-refractivity contribution in [3.63, 3.8) is 0 Å². The van der Waals surface area contributed by atoms with Crippen LogP contribution in [0.1, 0.15) is 31.7 Å². The maximum atomic E-state index is 12.0. The van der Waals surface area contributed by atoms with Crippen LogP contribution < -0.4 is 14.8 Å². The molecular weight excluding hydrogens is 296 g/mol. The highest BCUT2D eigenvalue weighted by molar-refractivity contribution is 5.74. The summed E-state index contributed by atoms with van der Waals surface area (Å²) >= 11 is 0. The number of hydrogen-bond acceptors (Lipinski definition) is 4. The number of urea groups is 1. The molecule has 2 heterocycles. The molecule has 0 saturated carbocycles. The Hall–Kier alpha value is -1.95. The van der Waals surface area contributed by atoms with Crippen LogP contribution in [0, 0.1) is 0 Å². The number of amides is 2. The monoisotopic (exact) mass is 320 g/mol. The van der Waals surface area contributed by atoms with Crippen LogP contribution in [-0.4, -0.2) is 43.5 Å². The number of nitrogens with one attached hydrogen (secondary N) is 1. The molecule has 0 aromatic heterocycles. The molecule has 0 radical (unpaired) electrons. The van der Waals surface area contributed by atoms with Crippen molar-refractivity contribution in [3.05, 3.63) is 23.8 Å². The molecule has 2 amide bonds. The Bertz CT molecular complexity index is 568. The van der Waals surface area contributed by atoms with Crippen molar-refractivity contribution in [2.24, 2.45) is 0 Å². The minimum absolute atomic E-state index is 0.00245. The topological polar surface area (TPSA) is 60.0 Å². The molecule has 6 heteroatoms. The van der Waals surface area contributed by atoms with Crippen LogP contribution in [0.25, 0.3) is 0 Å². The van der Waals surface area contributed by atoms with E-state index in [0.29, 0.717) is 39.1 Å². The Morgan fingerprint density at radius 1 is 1.39 bits per heavy atom. The highest BCUT2D eigenvalue weighted by Gasteiger charge is 2.41. The molecule has 1 fully saturated rings. The fraction of sp³-hybridized carbons (Fsp3) is 0.588. The van der Waals surface area contributed by atoms with Gasteiger partial charge in [0.25, 0.3) is 0 Å². The summed E-state index contributed by atoms with van der Waals surface area (Å²) in [4.78, 5) is 13.8. The van der Waals surface area contributed by atoms with E-state index < -0.39 is 5.79 Å². The predicted octanol–water partition coefficient (Wildman–Crippen LogP) is 2.52. The Labute approximate surface area is 136 Å². The fourth-order valence-electron chi connectivity index (χ4n) is 2.97. The lowest BCUT2D eigenvalue weighted by atomic mass is 10.0. The van der Waals surface area contributed by atoms with Gasteiger partial charge in [-0.1, -0.05) is 6.92 Å². The van der Waals surface area contributed by atoms with Crippen LogP contribution in [-0.2, 0) is 11.3 Å². The average molecular weight is 320 g/mol. The number of benzene rings is 1. The largest absolute Gasteiger partial charge is 0.497 e. The van der Waals surface area contributed by atoms with Crippen LogP contribution in [0.5, 0.6) is 11.5 Å². The van der Waals surface area contributed by atoms with Crippen molar-refractivity contribution >= 4 is 6.03 Å². The Balaban J connectivity index is 1.61. The van der Waals surface area contributed by atoms with Gasteiger partial charge in [0.1, 0.15) is 11.5 Å². The Morgan fingerprint density at radius 3 is 2.87 bits per heavy atom. The molecule has 0 aliphatic carbocycles. The van der Waals surface area contributed by atoms with Crippen molar-refractivity contribution in [1.82, 2.24) is 10.2 Å². The Kier molecular flexibility index (Phi) is 4.61. The molecule has 2 aliphatic heterocycles. The van der Waals surface area contributed by atoms with Gasteiger partial charge in [-0.05, 0) is 24.6 Å². The number of likely N-dealkylation sites (tertiary alicyclic amines) is 1. The molecule has 0 atom stereocenters. The normalized spacial score (nSPS) is 19.0. The number of hydrogen-bond donors (Lipinski definition) is 1. The van der Waals surface area contributed by atoms with Crippen molar-refractivity contribution in [2.75, 3.05) is 26.7 Å². The van der Waals surface area contributed by atoms with E-state index in [2.05, 4.69) is 5.32 Å². The van der Waals surface area contributed by atoms with E-state index in [1.165, 1.54) is 0 Å². The van der Waals surface area contributed by atoms with Crippen molar-refractivity contribution in [2.45, 2.75) is 38.6 Å². The highest BCUT2D eigenvalue weighted by atomic mass is 16.7. The molecule has 1 N–H and O–H groups in total. The maximum absolute atomic E-state index is 12.0. The van der Waals surface area contributed by atoms with Crippen LogP contribution >= 0.6 is 0 Å². The van der Waals surface area contributed by atoms with E-state index in [1.54, 1.807) is 7.11 Å². The highest BCUT2D eigenvalue weighted by Crippen LogP contribution is 2.38. The molecule has 3 rings (SSSR count). The van der Waals surface area contributed by atoms with Gasteiger partial charge in [-0.2, -0.15) is 0 Å². The molecule has 1 spiro atoms. The van der Waals surface area contributed by atoms with Gasteiger partial charge in [0.15, 0.2) is 0 Å². The minimum Gasteiger partial charge on any atom is -0.497 e. The molecule has 126 valence electrons. The van der Waals surface area contributed by atoms with Gasteiger partial charge >= 0.3 is 6.03 Å². The lowest BCUT2D eigenvalue weighted by Crippen LogP contribution is -2.54. The zero-order valence-corrected chi connectivity index (χ0v) is 13.8. The average Bonchev–Trinajstić information content (AvgIpc) is 2.60. The van der Waals surface area contributed by atoms with Gasteiger partial charge in [0.05, 0.1) is 13.7 Å². The fourth-order valence-corrected chi connectivity index (χ4v) is 2.97. The van der Waals surface area contributed by atoms with Crippen LogP contribution in [0.2, 0.25) is 0 Å². The minimum atomic E-state index is -0.608. The third-order valence-electron chi connectivity index (χ3n) is 4.39. The van der Waals surface area contributed by atoms with Gasteiger partial charge in [0, 0.05) is 38.0 Å². The van der Waals surface area contributed by atoms with Gasteiger partial charge in [-0.15, -0.1) is 0 Å². The molecule has 1 aromatic carbocycles. The smallest absolute Gasteiger partial charge is 0.317 e. The first kappa shape index (κ1) is 15.9. The third kappa shape index (κ3) is 3.37. The molecule has 0 bridgehead atoms. The summed E-state index contributed by atoms with van der Waals surface area (Å²) in [5.74, 6) is 1.04. The first-order chi connectivity index (χ1) is 11.2. The summed E-state index contributed by atoms with van der Waals surface area (Å²) < 4.78 is 17.4. The first-order valence-corrected chi connectivity index (χ1v) is 8.18. The molecular formula is C17H24N2O4. The standard InChI is InChI=1S/C17H24N2O4/c1-3-8-18-16(20)19-9-6-17(7-10-19)22-12-13-11-14(21-2)4-5-15(13)23-17/h4-5,11H,3,6-10,12H2,1-2H3,(H,18,20). The van der Waals surface area contributed by atoms with E-state index in [4.69, 9.17) is 14.2 Å². The second-order valence-electron chi connectivity index (χ2n) is 5.99. The van der Waals surface area contributed by atoms with Crippen LogP contribution in [0.4, 0.5) is 4.79 Å². The number of carbonyl (C=O) groups excluding carboxylic acids is 1. The number of carbonyl (C=O) groups is 1. The maximum Gasteiger partial charge on any atom is 0.317 e. The molecule has 1 aromatic rings. The summed E-state index contributed by atoms with van der Waals surface area (Å²) in [6, 6.07) is 5.77. The number of rotatable bonds is 3. The van der Waals surface area contributed by atoms with Crippen molar-refractivity contribution in [1.29, 1.82) is 0 Å². The predicted molar refractivity (Wildman–Crippen MR) is 85.6 cm³/mol. The van der Waals surface area contributed by atoms with Crippen LogP contribution in [0.3, 0.4) is 0 Å². The lowest BCUT2D eigenvalue weighted by molar-refractivity contribution is -0.225. The molecule has 2 aliphatic rings. The molecule has 6 nitrogen and oxygen atoms in total. The summed E-state index contributed by atoms with van der Waals surface area (Å²) in [7, 11) is 1.65. The van der Waals surface area contributed by atoms with Crippen molar-refractivity contribution < 1.29 is 19.0 Å². The first-order valence-electron chi connectivity index (χ1n) is 8.18. The zero-order chi connectivity index (χ0) is 16.3. The molecule has 1 saturated heterocycles. The van der Waals surface area contributed by atoms with Crippen LogP contribution in [0.15, 0.2) is 18.2 Å². The number of ether oxygens (including phenoxy) is 3. The van der Waals surface area contributed by atoms with E-state index >= 15 is 0 Å². The second-order valence-corrected chi connectivity index (χ2v) is 5.99. The summed E-state index contributed by atoms with van der Waals surface area (Å²) in [5.41, 5.74) is 0.998. The zero-order valence-electron chi connectivity index (χ0n) is 13.8. The van der Waals surface area contributed by atoms with E-state index in [-0.39, 0.29) is 6.03 Å². The van der Waals surface area contributed by atoms with E-state index in [0.717, 1.165) is 23.5 Å². The van der Waals surface area contributed by atoms with Gasteiger partial charge in [0.2, 0.25) is 5.79 Å².